The maximum Gasteiger partial charge on any atom is 0.129 e. The van der Waals surface area contributed by atoms with E-state index in [9.17, 15) is 8.78 Å². The van der Waals surface area contributed by atoms with Crippen LogP contribution in [0.2, 0.25) is 0 Å². The van der Waals surface area contributed by atoms with Gasteiger partial charge in [0, 0.05) is 24.6 Å². The highest BCUT2D eigenvalue weighted by Gasteiger charge is 2.25. The minimum atomic E-state index is -0.543. The van der Waals surface area contributed by atoms with E-state index in [1.54, 1.807) is 0 Å². The Morgan fingerprint density at radius 1 is 1.33 bits per heavy atom. The fourth-order valence-electron chi connectivity index (χ4n) is 2.07. The first-order valence-corrected chi connectivity index (χ1v) is 5.09. The van der Waals surface area contributed by atoms with E-state index in [1.807, 2.05) is 0 Å². The highest BCUT2D eigenvalue weighted by Crippen LogP contribution is 2.27. The molecule has 3 N–H and O–H groups in total. The number of piperidine rings is 1. The van der Waals surface area contributed by atoms with E-state index in [0.717, 1.165) is 19.0 Å². The zero-order valence-electron chi connectivity index (χ0n) is 8.34. The summed E-state index contributed by atoms with van der Waals surface area (Å²) < 4.78 is 26.2. The first-order valence-electron chi connectivity index (χ1n) is 5.09. The molecule has 0 aliphatic carbocycles. The van der Waals surface area contributed by atoms with Crippen molar-refractivity contribution in [2.75, 3.05) is 13.1 Å². The molecule has 2 atom stereocenters. The predicted octanol–water partition coefficient (Wildman–Crippen LogP) is 1.37. The van der Waals surface area contributed by atoms with Gasteiger partial charge in [-0.05, 0) is 24.6 Å². The van der Waals surface area contributed by atoms with Crippen molar-refractivity contribution in [1.82, 2.24) is 5.32 Å². The smallest absolute Gasteiger partial charge is 0.129 e. The molecule has 15 heavy (non-hydrogen) atoms. The van der Waals surface area contributed by atoms with Gasteiger partial charge < -0.3 is 11.1 Å². The summed E-state index contributed by atoms with van der Waals surface area (Å²) in [4.78, 5) is 0. The molecule has 0 unspecified atom stereocenters. The molecule has 82 valence electrons. The number of nitrogens with two attached hydrogens (primary N) is 1. The molecule has 4 heteroatoms. The summed E-state index contributed by atoms with van der Waals surface area (Å²) in [5.74, 6) is -1.04. The van der Waals surface area contributed by atoms with Crippen molar-refractivity contribution >= 4 is 0 Å². The summed E-state index contributed by atoms with van der Waals surface area (Å²) in [6.45, 7) is 1.51. The highest BCUT2D eigenvalue weighted by molar-refractivity contribution is 5.25. The van der Waals surface area contributed by atoms with Crippen LogP contribution < -0.4 is 11.1 Å². The lowest BCUT2D eigenvalue weighted by atomic mass is 9.86. The maximum absolute atomic E-state index is 13.5. The van der Waals surface area contributed by atoms with Gasteiger partial charge in [0.25, 0.3) is 0 Å². The van der Waals surface area contributed by atoms with Crippen LogP contribution in [0.25, 0.3) is 0 Å². The molecule has 1 aliphatic heterocycles. The topological polar surface area (TPSA) is 38.0 Å². The molecule has 1 aromatic rings. The van der Waals surface area contributed by atoms with Crippen molar-refractivity contribution < 1.29 is 8.78 Å². The number of halogens is 2. The van der Waals surface area contributed by atoms with E-state index < -0.39 is 11.6 Å². The zero-order valence-corrected chi connectivity index (χ0v) is 8.34. The molecule has 1 heterocycles. The Morgan fingerprint density at radius 3 is 2.80 bits per heavy atom. The molecule has 1 aromatic carbocycles. The average molecular weight is 212 g/mol. The number of hydrogen-bond acceptors (Lipinski definition) is 2. The van der Waals surface area contributed by atoms with Crippen molar-refractivity contribution in [3.8, 4) is 0 Å². The van der Waals surface area contributed by atoms with Crippen LogP contribution in [-0.2, 0) is 0 Å². The van der Waals surface area contributed by atoms with Gasteiger partial charge in [0.15, 0.2) is 0 Å². The van der Waals surface area contributed by atoms with Crippen LogP contribution >= 0.6 is 0 Å². The molecule has 0 aromatic heterocycles. The lowest BCUT2D eigenvalue weighted by Crippen LogP contribution is -2.45. The second-order valence-corrected chi connectivity index (χ2v) is 3.93. The molecule has 2 rings (SSSR count). The summed E-state index contributed by atoms with van der Waals surface area (Å²) in [7, 11) is 0. The first-order chi connectivity index (χ1) is 7.18. The van der Waals surface area contributed by atoms with Gasteiger partial charge >= 0.3 is 0 Å². The monoisotopic (exact) mass is 212 g/mol. The second kappa shape index (κ2) is 4.24. The third-order valence-corrected chi connectivity index (χ3v) is 2.89. The average Bonchev–Trinajstić information content (AvgIpc) is 2.20. The van der Waals surface area contributed by atoms with Crippen LogP contribution in [0.4, 0.5) is 8.78 Å². The quantitative estimate of drug-likeness (QED) is 0.737. The number of rotatable bonds is 1. The predicted molar refractivity (Wildman–Crippen MR) is 54.6 cm³/mol. The molecule has 0 saturated carbocycles. The third-order valence-electron chi connectivity index (χ3n) is 2.89. The fraction of sp³-hybridized carbons (Fsp3) is 0.455. The highest BCUT2D eigenvalue weighted by atomic mass is 19.1. The number of hydrogen-bond donors (Lipinski definition) is 2. The lowest BCUT2D eigenvalue weighted by molar-refractivity contribution is 0.391. The standard InChI is InChI=1S/C11H14F2N2/c12-7-1-2-8(10(13)5-7)9-3-4-15-6-11(9)14/h1-2,5,9,11,15H,3-4,6,14H2/t9-,11+/m0/s1. The van der Waals surface area contributed by atoms with E-state index in [4.69, 9.17) is 5.73 Å². The molecular formula is C11H14F2N2. The van der Waals surface area contributed by atoms with Crippen molar-refractivity contribution in [2.24, 2.45) is 5.73 Å². The maximum atomic E-state index is 13.5. The Balaban J connectivity index is 2.27. The van der Waals surface area contributed by atoms with Gasteiger partial charge in [-0.15, -0.1) is 0 Å². The molecule has 0 spiro atoms. The normalized spacial score (nSPS) is 26.6. The lowest BCUT2D eigenvalue weighted by Gasteiger charge is -2.29. The Labute approximate surface area is 87.5 Å². The van der Waals surface area contributed by atoms with Crippen molar-refractivity contribution in [2.45, 2.75) is 18.4 Å². The molecule has 0 bridgehead atoms. The summed E-state index contributed by atoms with van der Waals surface area (Å²) in [6, 6.07) is 3.61. The van der Waals surface area contributed by atoms with E-state index in [2.05, 4.69) is 5.32 Å². The van der Waals surface area contributed by atoms with E-state index in [0.29, 0.717) is 12.1 Å². The first kappa shape index (κ1) is 10.5. The van der Waals surface area contributed by atoms with Gasteiger partial charge in [-0.25, -0.2) is 8.78 Å². The summed E-state index contributed by atoms with van der Waals surface area (Å²) >= 11 is 0. The van der Waals surface area contributed by atoms with Crippen molar-refractivity contribution in [1.29, 1.82) is 0 Å². The Bertz CT molecular complexity index is 354. The SMILES string of the molecule is N[C@@H]1CNCC[C@H]1c1ccc(F)cc1F. The van der Waals surface area contributed by atoms with E-state index >= 15 is 0 Å². The van der Waals surface area contributed by atoms with Crippen LogP contribution in [-0.4, -0.2) is 19.1 Å². The Hall–Kier alpha value is -1.00. The molecule has 0 radical (unpaired) electrons. The van der Waals surface area contributed by atoms with Crippen LogP contribution in [0.15, 0.2) is 18.2 Å². The third kappa shape index (κ3) is 2.16. The van der Waals surface area contributed by atoms with E-state index in [1.165, 1.54) is 12.1 Å². The van der Waals surface area contributed by atoms with Gasteiger partial charge in [-0.3, -0.25) is 0 Å². The Kier molecular flexibility index (Phi) is 2.98. The van der Waals surface area contributed by atoms with Crippen molar-refractivity contribution in [3.05, 3.63) is 35.4 Å². The Morgan fingerprint density at radius 2 is 2.13 bits per heavy atom. The van der Waals surface area contributed by atoms with Gasteiger partial charge in [-0.1, -0.05) is 6.07 Å². The van der Waals surface area contributed by atoms with Crippen LogP contribution in [0.3, 0.4) is 0 Å². The minimum absolute atomic E-state index is 0.00755. The molecule has 0 amide bonds. The fourth-order valence-corrected chi connectivity index (χ4v) is 2.07. The molecule has 2 nitrogen and oxygen atoms in total. The van der Waals surface area contributed by atoms with Crippen LogP contribution in [0, 0.1) is 11.6 Å². The molecule has 1 saturated heterocycles. The van der Waals surface area contributed by atoms with Crippen molar-refractivity contribution in [3.63, 3.8) is 0 Å². The van der Waals surface area contributed by atoms with Crippen LogP contribution in [0.5, 0.6) is 0 Å². The van der Waals surface area contributed by atoms with Gasteiger partial charge in [0.05, 0.1) is 0 Å². The minimum Gasteiger partial charge on any atom is -0.326 e. The summed E-state index contributed by atoms with van der Waals surface area (Å²) in [5, 5.41) is 3.14. The van der Waals surface area contributed by atoms with Gasteiger partial charge in [0.2, 0.25) is 0 Å². The summed E-state index contributed by atoms with van der Waals surface area (Å²) in [6.07, 6.45) is 0.795. The van der Waals surface area contributed by atoms with Crippen LogP contribution in [0.1, 0.15) is 17.9 Å². The van der Waals surface area contributed by atoms with E-state index in [-0.39, 0.29) is 12.0 Å². The number of nitrogens with one attached hydrogen (secondary N) is 1. The van der Waals surface area contributed by atoms with Gasteiger partial charge in [-0.2, -0.15) is 0 Å². The largest absolute Gasteiger partial charge is 0.326 e. The second-order valence-electron chi connectivity index (χ2n) is 3.93. The molecule has 1 aliphatic rings. The summed E-state index contributed by atoms with van der Waals surface area (Å²) in [5.41, 5.74) is 6.43. The zero-order chi connectivity index (χ0) is 10.8. The molecular weight excluding hydrogens is 198 g/mol. The van der Waals surface area contributed by atoms with Gasteiger partial charge in [0.1, 0.15) is 11.6 Å². The molecule has 1 fully saturated rings. The number of benzene rings is 1.